The van der Waals surface area contributed by atoms with Crippen LogP contribution < -0.4 is 0 Å². The summed E-state index contributed by atoms with van der Waals surface area (Å²) in [5.74, 6) is 2.47. The van der Waals surface area contributed by atoms with Gasteiger partial charge < -0.3 is 4.74 Å². The number of esters is 1. The van der Waals surface area contributed by atoms with Gasteiger partial charge in [0.05, 0.1) is 0 Å². The molecule has 4 heteroatoms. The largest absolute Gasteiger partial charge is 0.458 e. The first kappa shape index (κ1) is 20.2. The van der Waals surface area contributed by atoms with Gasteiger partial charge in [-0.15, -0.1) is 0 Å². The fourth-order valence-corrected chi connectivity index (χ4v) is 9.69. The van der Waals surface area contributed by atoms with Crippen molar-refractivity contribution in [2.24, 2.45) is 34.5 Å². The summed E-state index contributed by atoms with van der Waals surface area (Å²) in [7, 11) is 0. The second kappa shape index (κ2) is 6.61. The highest BCUT2D eigenvalue weighted by Crippen LogP contribution is 2.70. The van der Waals surface area contributed by atoms with Crippen molar-refractivity contribution >= 4 is 22.8 Å². The van der Waals surface area contributed by atoms with Gasteiger partial charge in [-0.2, -0.15) is 0 Å². The lowest BCUT2D eigenvalue weighted by Crippen LogP contribution is -2.57. The van der Waals surface area contributed by atoms with Gasteiger partial charge in [0.2, 0.25) is 0 Å². The van der Waals surface area contributed by atoms with E-state index < -0.39 is 0 Å². The van der Waals surface area contributed by atoms with E-state index in [2.05, 4.69) is 26.8 Å². The van der Waals surface area contributed by atoms with Crippen LogP contribution in [-0.2, 0) is 14.3 Å². The zero-order chi connectivity index (χ0) is 20.6. The molecule has 1 aliphatic heterocycles. The Hall–Kier alpha value is -0.770. The molecule has 29 heavy (non-hydrogen) atoms. The van der Waals surface area contributed by atoms with Crippen molar-refractivity contribution < 1.29 is 14.3 Å². The number of fused-ring (bicyclic) bond motifs is 6. The third-order valence-electron chi connectivity index (χ3n) is 9.99. The van der Waals surface area contributed by atoms with E-state index in [4.69, 9.17) is 4.74 Å². The molecule has 0 aromatic carbocycles. The quantitative estimate of drug-likeness (QED) is 0.393. The number of ether oxygens (including phenoxy) is 1. The highest BCUT2D eigenvalue weighted by atomic mass is 32.2. The van der Waals surface area contributed by atoms with E-state index >= 15 is 0 Å². The van der Waals surface area contributed by atoms with Crippen LogP contribution in [0.15, 0.2) is 11.6 Å². The van der Waals surface area contributed by atoms with Crippen molar-refractivity contribution in [3.63, 3.8) is 0 Å². The molecule has 2 unspecified atom stereocenters. The van der Waals surface area contributed by atoms with Crippen molar-refractivity contribution in [2.45, 2.75) is 96.3 Å². The summed E-state index contributed by atoms with van der Waals surface area (Å²) >= 11 is 1.61. The minimum atomic E-state index is -0.233. The Labute approximate surface area is 179 Å². The standard InChI is InChI=1S/C25H36O3S/c1-15-5-9-23(3)17(13-15)14-20(29-16(2)26)22-18(23)6-10-24(4)19(22)7-11-25(24)12-8-21(27)28-25/h13,15,18-20,22H,5-12,14H2,1-4H3/t15?,18-,19-,20?,22+,23-,24-,25+/m0/s1. The van der Waals surface area contributed by atoms with Crippen molar-refractivity contribution in [1.29, 1.82) is 0 Å². The summed E-state index contributed by atoms with van der Waals surface area (Å²) in [5.41, 5.74) is 1.78. The number of allylic oxidation sites excluding steroid dienone is 2. The van der Waals surface area contributed by atoms with Gasteiger partial charge in [-0.1, -0.05) is 44.2 Å². The predicted molar refractivity (Wildman–Crippen MR) is 116 cm³/mol. The minimum Gasteiger partial charge on any atom is -0.458 e. The van der Waals surface area contributed by atoms with E-state index in [0.29, 0.717) is 40.8 Å². The molecule has 1 spiro atoms. The SMILES string of the molecule is CC(=O)SC1CC2=CC(C)CC[C@]2(C)[C@H]2CC[C@@]3(C)[C@@H](CC[C@@]34CCC(=O)O4)[C@H]12. The molecule has 8 atom stereocenters. The first-order valence-corrected chi connectivity index (χ1v) is 12.7. The van der Waals surface area contributed by atoms with E-state index in [0.717, 1.165) is 25.7 Å². The monoisotopic (exact) mass is 416 g/mol. The molecular weight excluding hydrogens is 380 g/mol. The first-order chi connectivity index (χ1) is 13.7. The molecule has 0 radical (unpaired) electrons. The Morgan fingerprint density at radius 1 is 1.10 bits per heavy atom. The molecule has 4 fully saturated rings. The van der Waals surface area contributed by atoms with Crippen LogP contribution in [0, 0.1) is 34.5 Å². The molecule has 3 nitrogen and oxygen atoms in total. The van der Waals surface area contributed by atoms with E-state index in [1.54, 1.807) is 24.3 Å². The first-order valence-electron chi connectivity index (χ1n) is 11.8. The molecule has 1 saturated heterocycles. The van der Waals surface area contributed by atoms with Gasteiger partial charge in [-0.25, -0.2) is 0 Å². The zero-order valence-electron chi connectivity index (χ0n) is 18.5. The molecule has 3 saturated carbocycles. The second-order valence-electron chi connectivity index (χ2n) is 11.2. The average Bonchev–Trinajstić information content (AvgIpc) is 3.17. The predicted octanol–water partition coefficient (Wildman–Crippen LogP) is 5.92. The molecule has 0 N–H and O–H groups in total. The van der Waals surface area contributed by atoms with E-state index in [1.807, 2.05) is 0 Å². The van der Waals surface area contributed by atoms with Crippen LogP contribution in [0.3, 0.4) is 0 Å². The smallest absolute Gasteiger partial charge is 0.306 e. The van der Waals surface area contributed by atoms with Crippen molar-refractivity contribution in [2.75, 3.05) is 0 Å². The molecule has 160 valence electrons. The van der Waals surface area contributed by atoms with Crippen LogP contribution in [0.5, 0.6) is 0 Å². The fourth-order valence-electron chi connectivity index (χ4n) is 8.47. The summed E-state index contributed by atoms with van der Waals surface area (Å²) in [6.45, 7) is 9.03. The minimum absolute atomic E-state index is 0.00533. The number of hydrogen-bond donors (Lipinski definition) is 0. The molecule has 5 rings (SSSR count). The number of rotatable bonds is 1. The molecule has 5 aliphatic rings. The lowest BCUT2D eigenvalue weighted by atomic mass is 9.46. The van der Waals surface area contributed by atoms with Gasteiger partial charge in [-0.05, 0) is 80.5 Å². The van der Waals surface area contributed by atoms with Gasteiger partial charge in [-0.3, -0.25) is 9.59 Å². The van der Waals surface area contributed by atoms with Crippen LogP contribution >= 0.6 is 11.8 Å². The summed E-state index contributed by atoms with van der Waals surface area (Å²) in [6, 6.07) is 0. The van der Waals surface area contributed by atoms with Gasteiger partial charge in [0.25, 0.3) is 0 Å². The maximum absolute atomic E-state index is 12.2. The molecule has 0 bridgehead atoms. The summed E-state index contributed by atoms with van der Waals surface area (Å²) in [4.78, 5) is 24.3. The Morgan fingerprint density at radius 2 is 1.86 bits per heavy atom. The van der Waals surface area contributed by atoms with Crippen molar-refractivity contribution in [3.8, 4) is 0 Å². The molecule has 0 aromatic heterocycles. The number of hydrogen-bond acceptors (Lipinski definition) is 4. The highest BCUT2D eigenvalue weighted by molar-refractivity contribution is 8.14. The highest BCUT2D eigenvalue weighted by Gasteiger charge is 2.68. The number of carbonyl (C=O) groups is 2. The molecule has 4 aliphatic carbocycles. The normalized spacial score (nSPS) is 51.1. The topological polar surface area (TPSA) is 43.4 Å². The van der Waals surface area contributed by atoms with Crippen LogP contribution in [0.2, 0.25) is 0 Å². The lowest BCUT2D eigenvalue weighted by molar-refractivity contribution is -0.167. The number of carbonyl (C=O) groups excluding carboxylic acids is 2. The Balaban J connectivity index is 1.55. The maximum atomic E-state index is 12.2. The van der Waals surface area contributed by atoms with Crippen molar-refractivity contribution in [3.05, 3.63) is 11.6 Å². The third kappa shape index (κ3) is 2.76. The van der Waals surface area contributed by atoms with Gasteiger partial charge >= 0.3 is 5.97 Å². The van der Waals surface area contributed by atoms with E-state index in [9.17, 15) is 9.59 Å². The van der Waals surface area contributed by atoms with Crippen LogP contribution in [0.1, 0.15) is 85.5 Å². The Morgan fingerprint density at radius 3 is 2.55 bits per heavy atom. The van der Waals surface area contributed by atoms with Crippen LogP contribution in [-0.4, -0.2) is 21.9 Å². The van der Waals surface area contributed by atoms with Crippen LogP contribution in [0.25, 0.3) is 0 Å². The summed E-state index contributed by atoms with van der Waals surface area (Å²) < 4.78 is 6.10. The van der Waals surface area contributed by atoms with E-state index in [1.165, 1.54) is 25.7 Å². The van der Waals surface area contributed by atoms with Gasteiger partial charge in [0.15, 0.2) is 5.12 Å². The molecule has 1 heterocycles. The maximum Gasteiger partial charge on any atom is 0.306 e. The van der Waals surface area contributed by atoms with E-state index in [-0.39, 0.29) is 22.1 Å². The number of thioether (sulfide) groups is 1. The summed E-state index contributed by atoms with van der Waals surface area (Å²) in [5, 5.41) is 0.646. The Kier molecular flexibility index (Phi) is 4.59. The van der Waals surface area contributed by atoms with Crippen LogP contribution in [0.4, 0.5) is 0 Å². The zero-order valence-corrected chi connectivity index (χ0v) is 19.3. The molecular formula is C25H36O3S. The average molecular weight is 417 g/mol. The molecule has 0 aromatic rings. The van der Waals surface area contributed by atoms with Crippen molar-refractivity contribution in [1.82, 2.24) is 0 Å². The lowest BCUT2D eigenvalue weighted by Gasteiger charge is -2.61. The second-order valence-corrected chi connectivity index (χ2v) is 12.6. The summed E-state index contributed by atoms with van der Waals surface area (Å²) in [6.07, 6.45) is 12.3. The molecule has 0 amide bonds. The van der Waals surface area contributed by atoms with Gasteiger partial charge in [0, 0.05) is 24.0 Å². The van der Waals surface area contributed by atoms with Gasteiger partial charge in [0.1, 0.15) is 5.60 Å². The fraction of sp³-hybridized carbons (Fsp3) is 0.840. The Bertz CT molecular complexity index is 774. The third-order valence-corrected chi connectivity index (χ3v) is 11.1.